The first-order valence-electron chi connectivity index (χ1n) is 8.54. The van der Waals surface area contributed by atoms with Crippen molar-refractivity contribution in [3.8, 4) is 0 Å². The summed E-state index contributed by atoms with van der Waals surface area (Å²) in [6, 6.07) is 11.1. The Hall–Kier alpha value is -1.55. The second-order valence-corrected chi connectivity index (χ2v) is 7.60. The van der Waals surface area contributed by atoms with Gasteiger partial charge in [-0.25, -0.2) is 4.79 Å². The number of nitrogens with zero attached hydrogens (tertiary/aromatic N) is 1. The fourth-order valence-electron chi connectivity index (χ4n) is 3.14. The van der Waals surface area contributed by atoms with Crippen LogP contribution in [0.2, 0.25) is 0 Å². The summed E-state index contributed by atoms with van der Waals surface area (Å²) in [5.41, 5.74) is 0.887. The molecule has 1 heterocycles. The number of hydrogen-bond acceptors (Lipinski definition) is 3. The summed E-state index contributed by atoms with van der Waals surface area (Å²) in [6.07, 6.45) is 0.649. The van der Waals surface area contributed by atoms with Crippen LogP contribution in [0.25, 0.3) is 0 Å². The second-order valence-electron chi connectivity index (χ2n) is 7.60. The summed E-state index contributed by atoms with van der Waals surface area (Å²) in [5, 5.41) is 3.05. The molecule has 3 atom stereocenters. The molecule has 4 nitrogen and oxygen atoms in total. The molecule has 0 bridgehead atoms. The van der Waals surface area contributed by atoms with Crippen molar-refractivity contribution in [1.82, 2.24) is 10.2 Å². The van der Waals surface area contributed by atoms with Crippen molar-refractivity contribution >= 4 is 6.09 Å². The van der Waals surface area contributed by atoms with Gasteiger partial charge in [-0.15, -0.1) is 0 Å². The number of alkyl carbamates (subject to hydrolysis) is 1. The fourth-order valence-corrected chi connectivity index (χ4v) is 3.14. The number of likely N-dealkylation sites (tertiary alicyclic amines) is 1. The topological polar surface area (TPSA) is 41.6 Å². The van der Waals surface area contributed by atoms with Crippen LogP contribution >= 0.6 is 0 Å². The predicted molar refractivity (Wildman–Crippen MR) is 93.3 cm³/mol. The number of nitrogens with one attached hydrogen (secondary N) is 1. The van der Waals surface area contributed by atoms with E-state index in [1.807, 2.05) is 26.8 Å². The Morgan fingerprint density at radius 3 is 2.52 bits per heavy atom. The zero-order chi connectivity index (χ0) is 17.0. The Kier molecular flexibility index (Phi) is 5.69. The quantitative estimate of drug-likeness (QED) is 0.921. The summed E-state index contributed by atoms with van der Waals surface area (Å²) >= 11 is 0. The van der Waals surface area contributed by atoms with Crippen LogP contribution in [0.5, 0.6) is 0 Å². The van der Waals surface area contributed by atoms with E-state index in [0.29, 0.717) is 12.0 Å². The van der Waals surface area contributed by atoms with Crippen LogP contribution in [0.15, 0.2) is 30.3 Å². The SMILES string of the molecule is C[C@@H]1[C@@H](NC(=O)OC(C)(C)C)CCN(Cc2ccccc2)[C@@H]1C. The summed E-state index contributed by atoms with van der Waals surface area (Å²) in [4.78, 5) is 14.5. The van der Waals surface area contributed by atoms with E-state index in [0.717, 1.165) is 19.5 Å². The van der Waals surface area contributed by atoms with Gasteiger partial charge >= 0.3 is 6.09 Å². The number of amides is 1. The molecule has 1 fully saturated rings. The molecule has 1 N–H and O–H groups in total. The number of hydrogen-bond donors (Lipinski definition) is 1. The number of rotatable bonds is 3. The molecule has 1 aromatic rings. The summed E-state index contributed by atoms with van der Waals surface area (Å²) < 4.78 is 5.38. The number of carbonyl (C=O) groups excluding carboxylic acids is 1. The average molecular weight is 318 g/mol. The third-order valence-electron chi connectivity index (χ3n) is 4.63. The molecule has 128 valence electrons. The highest BCUT2D eigenvalue weighted by Crippen LogP contribution is 2.25. The fraction of sp³-hybridized carbons (Fsp3) is 0.632. The predicted octanol–water partition coefficient (Wildman–Crippen LogP) is 3.81. The van der Waals surface area contributed by atoms with Gasteiger partial charge in [0.25, 0.3) is 0 Å². The molecular weight excluding hydrogens is 288 g/mol. The van der Waals surface area contributed by atoms with Crippen molar-refractivity contribution in [3.63, 3.8) is 0 Å². The van der Waals surface area contributed by atoms with Gasteiger partial charge in [-0.3, -0.25) is 4.90 Å². The normalized spacial score (nSPS) is 25.9. The second kappa shape index (κ2) is 7.35. The molecular formula is C19H30N2O2. The van der Waals surface area contributed by atoms with E-state index < -0.39 is 5.60 Å². The monoisotopic (exact) mass is 318 g/mol. The zero-order valence-corrected chi connectivity index (χ0v) is 15.0. The first kappa shape index (κ1) is 17.8. The van der Waals surface area contributed by atoms with Crippen molar-refractivity contribution in [3.05, 3.63) is 35.9 Å². The lowest BCUT2D eigenvalue weighted by atomic mass is 9.87. The highest BCUT2D eigenvalue weighted by Gasteiger charge is 2.34. The van der Waals surface area contributed by atoms with Gasteiger partial charge in [0.2, 0.25) is 0 Å². The van der Waals surface area contributed by atoms with E-state index in [1.165, 1.54) is 5.56 Å². The molecule has 0 saturated carbocycles. The third kappa shape index (κ3) is 5.24. The molecule has 2 rings (SSSR count). The van der Waals surface area contributed by atoms with Crippen LogP contribution in [-0.2, 0) is 11.3 Å². The van der Waals surface area contributed by atoms with Crippen molar-refractivity contribution in [2.24, 2.45) is 5.92 Å². The van der Waals surface area contributed by atoms with E-state index in [2.05, 4.69) is 48.3 Å². The molecule has 0 spiro atoms. The van der Waals surface area contributed by atoms with Gasteiger partial charge in [0, 0.05) is 25.2 Å². The first-order valence-corrected chi connectivity index (χ1v) is 8.54. The maximum absolute atomic E-state index is 12.0. The smallest absolute Gasteiger partial charge is 0.407 e. The lowest BCUT2D eigenvalue weighted by Gasteiger charge is -2.43. The molecule has 1 saturated heterocycles. The highest BCUT2D eigenvalue weighted by molar-refractivity contribution is 5.68. The van der Waals surface area contributed by atoms with Crippen LogP contribution in [0, 0.1) is 5.92 Å². The van der Waals surface area contributed by atoms with Crippen LogP contribution in [0.4, 0.5) is 4.79 Å². The number of benzene rings is 1. The van der Waals surface area contributed by atoms with E-state index in [1.54, 1.807) is 0 Å². The lowest BCUT2D eigenvalue weighted by molar-refractivity contribution is 0.0362. The van der Waals surface area contributed by atoms with Crippen molar-refractivity contribution in [2.45, 2.75) is 65.3 Å². The summed E-state index contributed by atoms with van der Waals surface area (Å²) in [6.45, 7) is 12.1. The zero-order valence-electron chi connectivity index (χ0n) is 15.0. The van der Waals surface area contributed by atoms with Crippen LogP contribution in [0.3, 0.4) is 0 Å². The number of piperidine rings is 1. The number of carbonyl (C=O) groups is 1. The Labute approximate surface area is 140 Å². The Balaban J connectivity index is 1.90. The number of ether oxygens (including phenoxy) is 1. The van der Waals surface area contributed by atoms with Crippen molar-refractivity contribution < 1.29 is 9.53 Å². The molecule has 1 aromatic carbocycles. The molecule has 0 radical (unpaired) electrons. The molecule has 0 unspecified atom stereocenters. The van der Waals surface area contributed by atoms with Crippen LogP contribution in [-0.4, -0.2) is 35.2 Å². The van der Waals surface area contributed by atoms with Crippen molar-refractivity contribution in [2.75, 3.05) is 6.54 Å². The largest absolute Gasteiger partial charge is 0.444 e. The molecule has 1 aliphatic rings. The summed E-state index contributed by atoms with van der Waals surface area (Å²) in [7, 11) is 0. The Bertz CT molecular complexity index is 510. The summed E-state index contributed by atoms with van der Waals surface area (Å²) in [5.74, 6) is 0.389. The molecule has 1 aliphatic heterocycles. The molecule has 23 heavy (non-hydrogen) atoms. The van der Waals surface area contributed by atoms with E-state index in [-0.39, 0.29) is 12.1 Å². The molecule has 0 aliphatic carbocycles. The molecule has 0 aromatic heterocycles. The molecule has 4 heteroatoms. The van der Waals surface area contributed by atoms with E-state index >= 15 is 0 Å². The highest BCUT2D eigenvalue weighted by atomic mass is 16.6. The average Bonchev–Trinajstić information content (AvgIpc) is 2.46. The minimum atomic E-state index is -0.451. The lowest BCUT2D eigenvalue weighted by Crippen LogP contribution is -2.54. The van der Waals surface area contributed by atoms with E-state index in [9.17, 15) is 4.79 Å². The van der Waals surface area contributed by atoms with Crippen LogP contribution in [0.1, 0.15) is 46.6 Å². The standard InChI is InChI=1S/C19H30N2O2/c1-14-15(2)21(13-16-9-7-6-8-10-16)12-11-17(14)20-18(22)23-19(3,4)5/h6-10,14-15,17H,11-13H2,1-5H3,(H,20,22)/t14-,15+,17-/m0/s1. The maximum Gasteiger partial charge on any atom is 0.407 e. The Morgan fingerprint density at radius 2 is 1.91 bits per heavy atom. The van der Waals surface area contributed by atoms with Gasteiger partial charge in [-0.2, -0.15) is 0 Å². The van der Waals surface area contributed by atoms with Gasteiger partial charge in [0.15, 0.2) is 0 Å². The molecule has 1 amide bonds. The van der Waals surface area contributed by atoms with Gasteiger partial charge in [-0.1, -0.05) is 37.3 Å². The van der Waals surface area contributed by atoms with Gasteiger partial charge in [0.1, 0.15) is 5.60 Å². The van der Waals surface area contributed by atoms with E-state index in [4.69, 9.17) is 4.74 Å². The van der Waals surface area contributed by atoms with Gasteiger partial charge in [0.05, 0.1) is 0 Å². The Morgan fingerprint density at radius 1 is 1.26 bits per heavy atom. The van der Waals surface area contributed by atoms with Crippen molar-refractivity contribution in [1.29, 1.82) is 0 Å². The maximum atomic E-state index is 12.0. The third-order valence-corrected chi connectivity index (χ3v) is 4.63. The first-order chi connectivity index (χ1) is 10.8. The van der Waals surface area contributed by atoms with Gasteiger partial charge < -0.3 is 10.1 Å². The minimum Gasteiger partial charge on any atom is -0.444 e. The van der Waals surface area contributed by atoms with Gasteiger partial charge in [-0.05, 0) is 45.6 Å². The van der Waals surface area contributed by atoms with Crippen LogP contribution < -0.4 is 5.32 Å². The minimum absolute atomic E-state index is 0.173.